The predicted molar refractivity (Wildman–Crippen MR) is 61.0 cm³/mol. The lowest BCUT2D eigenvalue weighted by Gasteiger charge is -2.35. The van der Waals surface area contributed by atoms with Gasteiger partial charge >= 0.3 is 5.97 Å². The van der Waals surface area contributed by atoms with Crippen LogP contribution in [0.4, 0.5) is 0 Å². The molecule has 2 aliphatic carbocycles. The third-order valence-corrected chi connectivity index (χ3v) is 4.84. The molecule has 0 heterocycles. The molecule has 3 heteroatoms. The summed E-state index contributed by atoms with van der Waals surface area (Å²) < 4.78 is 0. The highest BCUT2D eigenvalue weighted by Crippen LogP contribution is 2.59. The Morgan fingerprint density at radius 2 is 1.88 bits per heavy atom. The van der Waals surface area contributed by atoms with Crippen LogP contribution in [0.15, 0.2) is 0 Å². The Kier molecular flexibility index (Phi) is 3.24. The minimum atomic E-state index is -1.13. The first-order chi connectivity index (χ1) is 7.60. The van der Waals surface area contributed by atoms with Gasteiger partial charge in [0.05, 0.1) is 0 Å². The van der Waals surface area contributed by atoms with Crippen LogP contribution in [0.25, 0.3) is 0 Å². The van der Waals surface area contributed by atoms with Crippen LogP contribution >= 0.6 is 0 Å². The lowest BCUT2D eigenvalue weighted by Crippen LogP contribution is -2.37. The van der Waals surface area contributed by atoms with E-state index in [-0.39, 0.29) is 5.41 Å². The quantitative estimate of drug-likeness (QED) is 0.774. The zero-order valence-electron chi connectivity index (χ0n) is 9.98. The fourth-order valence-corrected chi connectivity index (χ4v) is 3.44. The number of hydrogen-bond acceptors (Lipinski definition) is 2. The van der Waals surface area contributed by atoms with Crippen molar-refractivity contribution in [3.8, 4) is 0 Å². The van der Waals surface area contributed by atoms with Crippen molar-refractivity contribution < 1.29 is 15.0 Å². The number of carboxylic acids is 1. The molecule has 2 fully saturated rings. The summed E-state index contributed by atoms with van der Waals surface area (Å²) in [6, 6.07) is 0. The highest BCUT2D eigenvalue weighted by molar-refractivity contribution is 5.73. The normalized spacial score (nSPS) is 34.4. The van der Waals surface area contributed by atoms with E-state index in [0.717, 1.165) is 31.6 Å². The van der Waals surface area contributed by atoms with Crippen molar-refractivity contribution in [2.24, 2.45) is 17.3 Å². The van der Waals surface area contributed by atoms with E-state index in [2.05, 4.69) is 6.92 Å². The van der Waals surface area contributed by atoms with Gasteiger partial charge in [-0.1, -0.05) is 26.2 Å². The standard InChI is InChI=1S/C13H22O3/c1-2-9-3-5-10(6-4-9)13(7-8-13)11(14)12(15)16/h9-11,14H,2-8H2,1H3,(H,15,16). The first kappa shape index (κ1) is 11.9. The molecule has 2 saturated carbocycles. The van der Waals surface area contributed by atoms with Gasteiger partial charge in [-0.3, -0.25) is 0 Å². The molecule has 16 heavy (non-hydrogen) atoms. The highest BCUT2D eigenvalue weighted by atomic mass is 16.4. The van der Waals surface area contributed by atoms with E-state index in [1.165, 1.54) is 19.3 Å². The van der Waals surface area contributed by atoms with Gasteiger partial charge < -0.3 is 10.2 Å². The first-order valence-corrected chi connectivity index (χ1v) is 6.51. The Morgan fingerprint density at radius 1 is 1.31 bits per heavy atom. The molecule has 0 aliphatic heterocycles. The SMILES string of the molecule is CCC1CCC(C2(C(O)C(=O)O)CC2)CC1. The van der Waals surface area contributed by atoms with E-state index in [1.54, 1.807) is 0 Å². The second kappa shape index (κ2) is 4.36. The van der Waals surface area contributed by atoms with Crippen LogP contribution in [0.1, 0.15) is 51.9 Å². The summed E-state index contributed by atoms with van der Waals surface area (Å²) in [5, 5.41) is 18.7. The first-order valence-electron chi connectivity index (χ1n) is 6.51. The Hall–Kier alpha value is -0.570. The number of carboxylic acid groups (broad SMARTS) is 1. The number of carbonyl (C=O) groups is 1. The van der Waals surface area contributed by atoms with Crippen LogP contribution in [-0.4, -0.2) is 22.3 Å². The van der Waals surface area contributed by atoms with Gasteiger partial charge in [-0.05, 0) is 37.5 Å². The minimum absolute atomic E-state index is 0.259. The lowest BCUT2D eigenvalue weighted by molar-refractivity contribution is -0.152. The molecule has 2 rings (SSSR count). The van der Waals surface area contributed by atoms with E-state index in [4.69, 9.17) is 5.11 Å². The van der Waals surface area contributed by atoms with Gasteiger partial charge in [-0.25, -0.2) is 4.79 Å². The van der Waals surface area contributed by atoms with Crippen LogP contribution in [0, 0.1) is 17.3 Å². The number of aliphatic hydroxyl groups excluding tert-OH is 1. The smallest absolute Gasteiger partial charge is 0.333 e. The molecule has 0 radical (unpaired) electrons. The zero-order chi connectivity index (χ0) is 11.8. The highest BCUT2D eigenvalue weighted by Gasteiger charge is 2.57. The third-order valence-electron chi connectivity index (χ3n) is 4.84. The average molecular weight is 226 g/mol. The van der Waals surface area contributed by atoms with Gasteiger partial charge in [0.2, 0.25) is 0 Å². The second-order valence-electron chi connectivity index (χ2n) is 5.60. The molecule has 1 atom stereocenters. The number of rotatable bonds is 4. The molecule has 3 nitrogen and oxygen atoms in total. The van der Waals surface area contributed by atoms with Crippen LogP contribution in [-0.2, 0) is 4.79 Å². The van der Waals surface area contributed by atoms with Gasteiger partial charge in [0.15, 0.2) is 6.10 Å². The Bertz CT molecular complexity index is 262. The summed E-state index contributed by atoms with van der Waals surface area (Å²) in [7, 11) is 0. The van der Waals surface area contributed by atoms with E-state index >= 15 is 0 Å². The second-order valence-corrected chi connectivity index (χ2v) is 5.60. The van der Waals surface area contributed by atoms with E-state index < -0.39 is 12.1 Å². The van der Waals surface area contributed by atoms with Crippen LogP contribution in [0.3, 0.4) is 0 Å². The van der Waals surface area contributed by atoms with Crippen molar-refractivity contribution in [2.75, 3.05) is 0 Å². The van der Waals surface area contributed by atoms with Crippen LogP contribution < -0.4 is 0 Å². The zero-order valence-corrected chi connectivity index (χ0v) is 9.98. The van der Waals surface area contributed by atoms with Gasteiger partial charge in [0, 0.05) is 5.41 Å². The van der Waals surface area contributed by atoms with Crippen molar-refractivity contribution in [2.45, 2.75) is 58.0 Å². The predicted octanol–water partition coefficient (Wildman–Crippen LogP) is 2.43. The molecule has 0 amide bonds. The van der Waals surface area contributed by atoms with Crippen molar-refractivity contribution in [1.29, 1.82) is 0 Å². The summed E-state index contributed by atoms with van der Waals surface area (Å²) in [6.45, 7) is 2.23. The molecular formula is C13H22O3. The van der Waals surface area contributed by atoms with Crippen LogP contribution in [0.2, 0.25) is 0 Å². The average Bonchev–Trinajstić information content (AvgIpc) is 3.09. The maximum Gasteiger partial charge on any atom is 0.333 e. The van der Waals surface area contributed by atoms with Gasteiger partial charge in [-0.2, -0.15) is 0 Å². The summed E-state index contributed by atoms with van der Waals surface area (Å²) in [5.74, 6) is 0.241. The van der Waals surface area contributed by atoms with Crippen molar-refractivity contribution in [1.82, 2.24) is 0 Å². The molecule has 0 bridgehead atoms. The van der Waals surface area contributed by atoms with Gasteiger partial charge in [0.25, 0.3) is 0 Å². The molecule has 2 aliphatic rings. The fourth-order valence-electron chi connectivity index (χ4n) is 3.44. The Balaban J connectivity index is 1.96. The lowest BCUT2D eigenvalue weighted by atomic mass is 9.71. The summed E-state index contributed by atoms with van der Waals surface area (Å²) in [5.41, 5.74) is -0.259. The summed E-state index contributed by atoms with van der Waals surface area (Å²) in [4.78, 5) is 10.9. The molecular weight excluding hydrogens is 204 g/mol. The topological polar surface area (TPSA) is 57.5 Å². The summed E-state index contributed by atoms with van der Waals surface area (Å²) >= 11 is 0. The fraction of sp³-hybridized carbons (Fsp3) is 0.923. The number of aliphatic hydroxyl groups is 1. The third kappa shape index (κ3) is 1.97. The van der Waals surface area contributed by atoms with Crippen molar-refractivity contribution in [3.63, 3.8) is 0 Å². The number of aliphatic carboxylic acids is 1. The molecule has 0 aromatic rings. The summed E-state index contributed by atoms with van der Waals surface area (Å²) in [6.07, 6.45) is 6.58. The molecule has 0 aromatic carbocycles. The minimum Gasteiger partial charge on any atom is -0.479 e. The van der Waals surface area contributed by atoms with E-state index in [9.17, 15) is 9.90 Å². The van der Waals surface area contributed by atoms with E-state index in [1.807, 2.05) is 0 Å². The molecule has 0 spiro atoms. The van der Waals surface area contributed by atoms with E-state index in [0.29, 0.717) is 5.92 Å². The number of hydrogen-bond donors (Lipinski definition) is 2. The molecule has 0 saturated heterocycles. The molecule has 2 N–H and O–H groups in total. The maximum absolute atomic E-state index is 10.9. The monoisotopic (exact) mass is 226 g/mol. The molecule has 0 aromatic heterocycles. The van der Waals surface area contributed by atoms with Crippen molar-refractivity contribution in [3.05, 3.63) is 0 Å². The van der Waals surface area contributed by atoms with Crippen molar-refractivity contribution >= 4 is 5.97 Å². The maximum atomic E-state index is 10.9. The van der Waals surface area contributed by atoms with Gasteiger partial charge in [0.1, 0.15) is 0 Å². The Labute approximate surface area is 96.9 Å². The molecule has 1 unspecified atom stereocenters. The Morgan fingerprint density at radius 3 is 2.25 bits per heavy atom. The van der Waals surface area contributed by atoms with Crippen LogP contribution in [0.5, 0.6) is 0 Å². The largest absolute Gasteiger partial charge is 0.479 e. The van der Waals surface area contributed by atoms with Gasteiger partial charge in [-0.15, -0.1) is 0 Å². The molecule has 92 valence electrons.